The quantitative estimate of drug-likeness (QED) is 0.722. The van der Waals surface area contributed by atoms with Crippen LogP contribution in [0.4, 0.5) is 5.69 Å². The van der Waals surface area contributed by atoms with Gasteiger partial charge in [-0.3, -0.25) is 4.79 Å². The summed E-state index contributed by atoms with van der Waals surface area (Å²) < 4.78 is 5.11. The summed E-state index contributed by atoms with van der Waals surface area (Å²) in [5.74, 6) is 0.533. The molecule has 0 fully saturated rings. The Kier molecular flexibility index (Phi) is 6.93. The van der Waals surface area contributed by atoms with Crippen molar-refractivity contribution in [3.05, 3.63) is 23.8 Å². The van der Waals surface area contributed by atoms with Crippen molar-refractivity contribution >= 4 is 29.3 Å². The van der Waals surface area contributed by atoms with Crippen LogP contribution in [0.2, 0.25) is 0 Å². The number of carbonyl (C=O) groups is 2. The van der Waals surface area contributed by atoms with Crippen LogP contribution in [-0.2, 0) is 4.79 Å². The molecule has 0 atom stereocenters. The minimum absolute atomic E-state index is 0.111. The number of aromatic carboxylic acids is 1. The van der Waals surface area contributed by atoms with E-state index in [1.807, 2.05) is 0 Å². The van der Waals surface area contributed by atoms with Gasteiger partial charge in [-0.2, -0.15) is 11.8 Å². The Balaban J connectivity index is 2.67. The number of unbranched alkanes of at least 4 members (excludes halogenated alkanes) is 1. The lowest BCUT2D eigenvalue weighted by Crippen LogP contribution is -2.15. The Labute approximate surface area is 122 Å². The molecule has 1 aromatic carbocycles. The van der Waals surface area contributed by atoms with Crippen LogP contribution < -0.4 is 10.1 Å². The Morgan fingerprint density at radius 2 is 2.15 bits per heavy atom. The second-order valence-electron chi connectivity index (χ2n) is 4.17. The van der Waals surface area contributed by atoms with Gasteiger partial charge in [0.15, 0.2) is 0 Å². The molecule has 0 spiro atoms. The Hall–Kier alpha value is -1.69. The van der Waals surface area contributed by atoms with Crippen molar-refractivity contribution in [3.63, 3.8) is 0 Å². The number of thioether (sulfide) groups is 1. The summed E-state index contributed by atoms with van der Waals surface area (Å²) in [7, 11) is 1.47. The average molecular weight is 297 g/mol. The molecule has 0 aliphatic rings. The van der Waals surface area contributed by atoms with E-state index in [0.717, 1.165) is 18.6 Å². The number of rotatable bonds is 8. The van der Waals surface area contributed by atoms with E-state index in [4.69, 9.17) is 9.84 Å². The van der Waals surface area contributed by atoms with E-state index in [2.05, 4.69) is 12.2 Å². The molecular formula is C14H19NO4S. The van der Waals surface area contributed by atoms with Gasteiger partial charge in [0, 0.05) is 0 Å². The maximum Gasteiger partial charge on any atom is 0.335 e. The summed E-state index contributed by atoms with van der Waals surface area (Å²) >= 11 is 1.56. The number of carboxylic acids is 1. The summed E-state index contributed by atoms with van der Waals surface area (Å²) in [5.41, 5.74) is 0.494. The van der Waals surface area contributed by atoms with Crippen LogP contribution in [-0.4, -0.2) is 35.6 Å². The lowest BCUT2D eigenvalue weighted by molar-refractivity contribution is -0.113. The zero-order chi connectivity index (χ0) is 15.0. The van der Waals surface area contributed by atoms with Crippen LogP contribution in [0.15, 0.2) is 18.2 Å². The Bertz CT molecular complexity index is 476. The van der Waals surface area contributed by atoms with E-state index in [-0.39, 0.29) is 11.5 Å². The number of methoxy groups -OCH3 is 1. The lowest BCUT2D eigenvalue weighted by atomic mass is 10.2. The maximum atomic E-state index is 11.8. The predicted molar refractivity (Wildman–Crippen MR) is 80.8 cm³/mol. The van der Waals surface area contributed by atoms with Gasteiger partial charge in [0.1, 0.15) is 5.75 Å². The minimum Gasteiger partial charge on any atom is -0.495 e. The SMILES string of the molecule is CCCCSCC(=O)Nc1cc(C(=O)O)ccc1OC. The third-order valence-electron chi connectivity index (χ3n) is 2.60. The molecular weight excluding hydrogens is 278 g/mol. The first-order valence-corrected chi connectivity index (χ1v) is 7.52. The molecule has 110 valence electrons. The van der Waals surface area contributed by atoms with Crippen LogP contribution >= 0.6 is 11.8 Å². The molecule has 0 aliphatic carbocycles. The topological polar surface area (TPSA) is 75.6 Å². The van der Waals surface area contributed by atoms with Crippen LogP contribution in [0.5, 0.6) is 5.75 Å². The summed E-state index contributed by atoms with van der Waals surface area (Å²) in [4.78, 5) is 22.7. The monoisotopic (exact) mass is 297 g/mol. The van der Waals surface area contributed by atoms with Crippen molar-refractivity contribution < 1.29 is 19.4 Å². The molecule has 2 N–H and O–H groups in total. The van der Waals surface area contributed by atoms with Gasteiger partial charge in [-0.25, -0.2) is 4.79 Å². The van der Waals surface area contributed by atoms with E-state index in [1.54, 1.807) is 11.8 Å². The summed E-state index contributed by atoms with van der Waals surface area (Å²) in [5, 5.41) is 11.6. The highest BCUT2D eigenvalue weighted by Crippen LogP contribution is 2.25. The highest BCUT2D eigenvalue weighted by molar-refractivity contribution is 7.99. The first-order chi connectivity index (χ1) is 9.58. The van der Waals surface area contributed by atoms with Gasteiger partial charge in [-0.15, -0.1) is 0 Å². The third kappa shape index (κ3) is 5.13. The fourth-order valence-electron chi connectivity index (χ4n) is 1.54. The van der Waals surface area contributed by atoms with E-state index >= 15 is 0 Å². The molecule has 6 heteroatoms. The van der Waals surface area contributed by atoms with Gasteiger partial charge in [-0.05, 0) is 30.4 Å². The van der Waals surface area contributed by atoms with Crippen molar-refractivity contribution in [1.82, 2.24) is 0 Å². The molecule has 20 heavy (non-hydrogen) atoms. The van der Waals surface area contributed by atoms with E-state index in [1.165, 1.54) is 25.3 Å². The number of carboxylic acid groups (broad SMARTS) is 1. The molecule has 5 nitrogen and oxygen atoms in total. The van der Waals surface area contributed by atoms with Gasteiger partial charge in [0.05, 0.1) is 24.1 Å². The fraction of sp³-hybridized carbons (Fsp3) is 0.429. The number of anilines is 1. The predicted octanol–water partition coefficient (Wildman–Crippen LogP) is 2.87. The first kappa shape index (κ1) is 16.4. The second kappa shape index (κ2) is 8.47. The van der Waals surface area contributed by atoms with Gasteiger partial charge in [-0.1, -0.05) is 13.3 Å². The molecule has 1 rings (SSSR count). The molecule has 0 bridgehead atoms. The Morgan fingerprint density at radius 1 is 1.40 bits per heavy atom. The van der Waals surface area contributed by atoms with Crippen molar-refractivity contribution in [3.8, 4) is 5.75 Å². The largest absolute Gasteiger partial charge is 0.495 e. The highest BCUT2D eigenvalue weighted by atomic mass is 32.2. The maximum absolute atomic E-state index is 11.8. The number of hydrogen-bond acceptors (Lipinski definition) is 4. The van der Waals surface area contributed by atoms with Gasteiger partial charge >= 0.3 is 5.97 Å². The molecule has 0 aliphatic heterocycles. The molecule has 0 radical (unpaired) electrons. The fourth-order valence-corrected chi connectivity index (χ4v) is 2.43. The number of carbonyl (C=O) groups excluding carboxylic acids is 1. The molecule has 0 saturated carbocycles. The highest BCUT2D eigenvalue weighted by Gasteiger charge is 2.11. The van der Waals surface area contributed by atoms with Crippen LogP contribution in [0.1, 0.15) is 30.1 Å². The smallest absolute Gasteiger partial charge is 0.335 e. The first-order valence-electron chi connectivity index (χ1n) is 6.37. The summed E-state index contributed by atoms with van der Waals surface area (Å²) in [6.07, 6.45) is 2.18. The second-order valence-corrected chi connectivity index (χ2v) is 5.28. The molecule has 0 heterocycles. The van der Waals surface area contributed by atoms with Gasteiger partial charge in [0.25, 0.3) is 0 Å². The van der Waals surface area contributed by atoms with Crippen LogP contribution in [0.25, 0.3) is 0 Å². The van der Waals surface area contributed by atoms with E-state index in [0.29, 0.717) is 17.2 Å². The minimum atomic E-state index is -1.04. The van der Waals surface area contributed by atoms with Gasteiger partial charge < -0.3 is 15.2 Å². The van der Waals surface area contributed by atoms with E-state index < -0.39 is 5.97 Å². The van der Waals surface area contributed by atoms with Crippen LogP contribution in [0.3, 0.4) is 0 Å². The number of amides is 1. The zero-order valence-corrected chi connectivity index (χ0v) is 12.5. The molecule has 0 saturated heterocycles. The summed E-state index contributed by atoms with van der Waals surface area (Å²) in [6, 6.07) is 4.37. The van der Waals surface area contributed by atoms with Crippen molar-refractivity contribution in [1.29, 1.82) is 0 Å². The van der Waals surface area contributed by atoms with Crippen molar-refractivity contribution in [2.75, 3.05) is 23.9 Å². The number of ether oxygens (including phenoxy) is 1. The number of nitrogens with one attached hydrogen (secondary N) is 1. The molecule has 0 aromatic heterocycles. The van der Waals surface area contributed by atoms with E-state index in [9.17, 15) is 9.59 Å². The molecule has 1 amide bonds. The molecule has 1 aromatic rings. The van der Waals surface area contributed by atoms with Crippen molar-refractivity contribution in [2.45, 2.75) is 19.8 Å². The van der Waals surface area contributed by atoms with Crippen LogP contribution in [0, 0.1) is 0 Å². The lowest BCUT2D eigenvalue weighted by Gasteiger charge is -2.11. The standard InChI is InChI=1S/C14H19NO4S/c1-3-4-7-20-9-13(16)15-11-8-10(14(17)18)5-6-12(11)19-2/h5-6,8H,3-4,7,9H2,1-2H3,(H,15,16)(H,17,18). The summed E-state index contributed by atoms with van der Waals surface area (Å²) in [6.45, 7) is 2.10. The molecule has 0 unspecified atom stereocenters. The number of benzene rings is 1. The van der Waals surface area contributed by atoms with Crippen molar-refractivity contribution in [2.24, 2.45) is 0 Å². The third-order valence-corrected chi connectivity index (χ3v) is 3.64. The zero-order valence-electron chi connectivity index (χ0n) is 11.6. The Morgan fingerprint density at radius 3 is 2.75 bits per heavy atom. The van der Waals surface area contributed by atoms with Gasteiger partial charge in [0.2, 0.25) is 5.91 Å². The average Bonchev–Trinajstić information content (AvgIpc) is 2.43. The normalized spacial score (nSPS) is 10.1. The number of hydrogen-bond donors (Lipinski definition) is 2.